The Morgan fingerprint density at radius 1 is 0.863 bits per heavy atom. The number of fused-ring (bicyclic) bond motifs is 1. The first-order chi connectivity index (χ1) is 24.5. The van der Waals surface area contributed by atoms with Crippen molar-refractivity contribution in [1.82, 2.24) is 14.4 Å². The Morgan fingerprint density at radius 3 is 2.31 bits per heavy atom. The third kappa shape index (κ3) is 8.21. The number of aliphatic hydroxyl groups excluding tert-OH is 1. The van der Waals surface area contributed by atoms with Gasteiger partial charge in [-0.25, -0.2) is 8.78 Å². The molecular formula is C40H38F5N3O3. The first-order valence-corrected chi connectivity index (χ1v) is 17.0. The number of likely N-dealkylation sites (tertiary alicyclic amines) is 1. The molecular weight excluding hydrogens is 665 g/mol. The molecule has 4 aromatic carbocycles. The van der Waals surface area contributed by atoms with E-state index < -0.39 is 23.4 Å². The molecule has 51 heavy (non-hydrogen) atoms. The van der Waals surface area contributed by atoms with Gasteiger partial charge in [0.05, 0.1) is 17.7 Å². The number of amides is 1. The summed E-state index contributed by atoms with van der Waals surface area (Å²) >= 11 is 0. The number of aromatic nitrogens is 1. The van der Waals surface area contributed by atoms with E-state index in [9.17, 15) is 36.6 Å². The molecule has 0 atom stereocenters. The highest BCUT2D eigenvalue weighted by Crippen LogP contribution is 2.38. The summed E-state index contributed by atoms with van der Waals surface area (Å²) in [4.78, 5) is 31.4. The van der Waals surface area contributed by atoms with Gasteiger partial charge in [-0.15, -0.1) is 0 Å². The molecule has 1 fully saturated rings. The van der Waals surface area contributed by atoms with Crippen LogP contribution in [0.4, 0.5) is 22.0 Å². The SMILES string of the molecule is O=C(Cn1c(CCc2cccc(F)c2F)cc(=O)c2ccccc21)N(Cc1ccc(-c2ccccc2)c(C(F)(F)F)c1)C1CCN(CCO)CC1. The van der Waals surface area contributed by atoms with Crippen molar-refractivity contribution in [3.8, 4) is 11.1 Å². The monoisotopic (exact) mass is 703 g/mol. The molecule has 1 aliphatic rings. The van der Waals surface area contributed by atoms with E-state index in [1.807, 2.05) is 0 Å². The summed E-state index contributed by atoms with van der Waals surface area (Å²) in [5.74, 6) is -2.31. The Kier molecular flexibility index (Phi) is 11.0. The predicted molar refractivity (Wildman–Crippen MR) is 186 cm³/mol. The van der Waals surface area contributed by atoms with Crippen LogP contribution in [0.2, 0.25) is 0 Å². The lowest BCUT2D eigenvalue weighted by atomic mass is 9.96. The quantitative estimate of drug-likeness (QED) is 0.148. The van der Waals surface area contributed by atoms with Crippen molar-refractivity contribution < 1.29 is 31.9 Å². The fourth-order valence-corrected chi connectivity index (χ4v) is 7.01. The first-order valence-electron chi connectivity index (χ1n) is 17.0. The van der Waals surface area contributed by atoms with E-state index in [1.54, 1.807) is 70.1 Å². The van der Waals surface area contributed by atoms with Crippen molar-refractivity contribution in [3.05, 3.63) is 141 Å². The van der Waals surface area contributed by atoms with Crippen LogP contribution in [0.15, 0.2) is 102 Å². The van der Waals surface area contributed by atoms with Crippen molar-refractivity contribution in [1.29, 1.82) is 0 Å². The number of carbonyl (C=O) groups is 1. The van der Waals surface area contributed by atoms with Gasteiger partial charge in [0.2, 0.25) is 5.91 Å². The zero-order chi connectivity index (χ0) is 36.1. The minimum absolute atomic E-state index is 0.0109. The van der Waals surface area contributed by atoms with Crippen LogP contribution >= 0.6 is 0 Å². The first kappa shape index (κ1) is 35.9. The number of carbonyl (C=O) groups excluding carboxylic acids is 1. The lowest BCUT2D eigenvalue weighted by Crippen LogP contribution is -2.48. The number of aliphatic hydroxyl groups is 1. The van der Waals surface area contributed by atoms with Gasteiger partial charge in [-0.1, -0.05) is 66.7 Å². The average molecular weight is 704 g/mol. The molecule has 1 amide bonds. The second-order valence-electron chi connectivity index (χ2n) is 12.9. The minimum Gasteiger partial charge on any atom is -0.395 e. The lowest BCUT2D eigenvalue weighted by Gasteiger charge is -2.39. The highest BCUT2D eigenvalue weighted by Gasteiger charge is 2.35. The van der Waals surface area contributed by atoms with Crippen molar-refractivity contribution in [3.63, 3.8) is 0 Å². The molecule has 1 aromatic heterocycles. The van der Waals surface area contributed by atoms with Gasteiger partial charge in [-0.2, -0.15) is 13.2 Å². The molecule has 6 rings (SSSR count). The molecule has 1 saturated heterocycles. The molecule has 0 spiro atoms. The topological polar surface area (TPSA) is 65.8 Å². The molecule has 0 bridgehead atoms. The number of para-hydroxylation sites is 1. The molecule has 0 radical (unpaired) electrons. The Hall–Kier alpha value is -4.87. The highest BCUT2D eigenvalue weighted by atomic mass is 19.4. The molecule has 6 nitrogen and oxygen atoms in total. The van der Waals surface area contributed by atoms with Crippen molar-refractivity contribution >= 4 is 16.8 Å². The smallest absolute Gasteiger partial charge is 0.395 e. The molecule has 1 aliphatic heterocycles. The Morgan fingerprint density at radius 2 is 1.59 bits per heavy atom. The van der Waals surface area contributed by atoms with E-state index in [1.165, 1.54) is 24.3 Å². The van der Waals surface area contributed by atoms with Gasteiger partial charge in [0.1, 0.15) is 6.54 Å². The van der Waals surface area contributed by atoms with Gasteiger partial charge in [-0.3, -0.25) is 9.59 Å². The van der Waals surface area contributed by atoms with E-state index >= 15 is 0 Å². The highest BCUT2D eigenvalue weighted by molar-refractivity contribution is 5.83. The number of piperidine rings is 1. The molecule has 5 aromatic rings. The standard InChI is InChI=1S/C40H38F5N3O3/c41-35-11-6-9-29(39(35)42)14-15-31-24-37(50)33-10-4-5-12-36(33)47(31)26-38(51)48(30-17-19-46(20-18-30)21-22-49)25-27-13-16-32(28-7-2-1-3-8-28)34(23-27)40(43,44)45/h1-13,16,23-24,30,49H,14-15,17-22,25-26H2. The Balaban J connectivity index is 1.36. The Labute approximate surface area is 292 Å². The van der Waals surface area contributed by atoms with Gasteiger partial charge in [0, 0.05) is 49.4 Å². The van der Waals surface area contributed by atoms with Gasteiger partial charge in [0.15, 0.2) is 17.1 Å². The molecule has 0 saturated carbocycles. The third-order valence-electron chi connectivity index (χ3n) is 9.64. The lowest BCUT2D eigenvalue weighted by molar-refractivity contribution is -0.137. The zero-order valence-corrected chi connectivity index (χ0v) is 27.9. The summed E-state index contributed by atoms with van der Waals surface area (Å²) in [5, 5.41) is 9.83. The number of rotatable bonds is 11. The number of nitrogens with zero attached hydrogens (tertiary/aromatic N) is 3. The van der Waals surface area contributed by atoms with Crippen LogP contribution in [0.1, 0.15) is 35.2 Å². The summed E-state index contributed by atoms with van der Waals surface area (Å²) in [5.41, 5.74) is 0.767. The maximum Gasteiger partial charge on any atom is 0.417 e. The van der Waals surface area contributed by atoms with Gasteiger partial charge in [-0.05, 0) is 72.2 Å². The molecule has 266 valence electrons. The summed E-state index contributed by atoms with van der Waals surface area (Å²) in [7, 11) is 0. The van der Waals surface area contributed by atoms with E-state index in [4.69, 9.17) is 0 Å². The number of benzene rings is 4. The van der Waals surface area contributed by atoms with Crippen LogP contribution in [0.3, 0.4) is 0 Å². The second-order valence-corrected chi connectivity index (χ2v) is 12.9. The molecule has 0 aliphatic carbocycles. The number of halogens is 5. The van der Waals surface area contributed by atoms with Crippen LogP contribution in [0, 0.1) is 11.6 Å². The fourth-order valence-electron chi connectivity index (χ4n) is 7.01. The van der Waals surface area contributed by atoms with Crippen molar-refractivity contribution in [2.24, 2.45) is 0 Å². The summed E-state index contributed by atoms with van der Waals surface area (Å²) < 4.78 is 73.6. The summed E-state index contributed by atoms with van der Waals surface area (Å²) in [6.45, 7) is 1.36. The maximum atomic E-state index is 14.6. The normalized spacial score (nSPS) is 14.2. The van der Waals surface area contributed by atoms with Gasteiger partial charge < -0.3 is 19.5 Å². The van der Waals surface area contributed by atoms with Crippen LogP contribution in [-0.4, -0.2) is 57.7 Å². The summed E-state index contributed by atoms with van der Waals surface area (Å²) in [6, 6.07) is 24.3. The zero-order valence-electron chi connectivity index (χ0n) is 27.9. The Bertz CT molecular complexity index is 2060. The fraction of sp³-hybridized carbons (Fsp3) is 0.300. The van der Waals surface area contributed by atoms with Crippen LogP contribution in [0.25, 0.3) is 22.0 Å². The van der Waals surface area contributed by atoms with Gasteiger partial charge >= 0.3 is 6.18 Å². The van der Waals surface area contributed by atoms with Crippen LogP contribution in [0.5, 0.6) is 0 Å². The van der Waals surface area contributed by atoms with Crippen LogP contribution in [-0.2, 0) is 36.9 Å². The number of hydrogen-bond acceptors (Lipinski definition) is 4. The second kappa shape index (κ2) is 15.6. The van der Waals surface area contributed by atoms with E-state index in [2.05, 4.69) is 4.90 Å². The predicted octanol–water partition coefficient (Wildman–Crippen LogP) is 7.24. The number of β-amino-alcohol motifs (C(OH)–C–C–N with tert-alkyl or cyclic N) is 1. The number of aryl methyl sites for hydroxylation is 2. The average Bonchev–Trinajstić information content (AvgIpc) is 3.13. The van der Waals surface area contributed by atoms with Gasteiger partial charge in [0.25, 0.3) is 0 Å². The third-order valence-corrected chi connectivity index (χ3v) is 9.64. The molecule has 1 N–H and O–H groups in total. The summed E-state index contributed by atoms with van der Waals surface area (Å²) in [6.07, 6.45) is -3.34. The number of alkyl halides is 3. The maximum absolute atomic E-state index is 14.6. The molecule has 2 heterocycles. The van der Waals surface area contributed by atoms with Crippen molar-refractivity contribution in [2.75, 3.05) is 26.2 Å². The minimum atomic E-state index is -4.64. The van der Waals surface area contributed by atoms with E-state index in [0.29, 0.717) is 60.2 Å². The molecule has 11 heteroatoms. The van der Waals surface area contributed by atoms with E-state index in [-0.39, 0.29) is 61.0 Å². The molecule has 0 unspecified atom stereocenters. The number of hydrogen-bond donors (Lipinski definition) is 1. The largest absolute Gasteiger partial charge is 0.417 e. The number of pyridine rings is 1. The van der Waals surface area contributed by atoms with Crippen molar-refractivity contribution in [2.45, 2.75) is 51.0 Å². The van der Waals surface area contributed by atoms with Crippen LogP contribution < -0.4 is 5.43 Å². The van der Waals surface area contributed by atoms with E-state index in [0.717, 1.165) is 12.1 Å².